The molecule has 0 radical (unpaired) electrons. The fourth-order valence-corrected chi connectivity index (χ4v) is 4.25. The minimum Gasteiger partial charge on any atom is -0.480 e. The van der Waals surface area contributed by atoms with Gasteiger partial charge in [0.1, 0.15) is 17.4 Å². The van der Waals surface area contributed by atoms with Gasteiger partial charge in [0.25, 0.3) is 5.91 Å². The maximum atomic E-state index is 12.5. The molecule has 2 N–H and O–H groups in total. The number of fused-ring (bicyclic) bond motifs is 3. The summed E-state index contributed by atoms with van der Waals surface area (Å²) in [5, 5.41) is 12.7. The highest BCUT2D eigenvalue weighted by Crippen LogP contribution is 2.32. The number of aliphatic carboxylic acids is 1. The molecule has 0 bridgehead atoms. The lowest BCUT2D eigenvalue weighted by atomic mass is 9.90. The molecular formula is C22H27NO6S. The van der Waals surface area contributed by atoms with Crippen LogP contribution in [0.5, 0.6) is 5.75 Å². The van der Waals surface area contributed by atoms with Gasteiger partial charge in [-0.2, -0.15) is 11.8 Å². The van der Waals surface area contributed by atoms with Crippen LogP contribution in [0.15, 0.2) is 21.3 Å². The first-order chi connectivity index (χ1) is 14.3. The van der Waals surface area contributed by atoms with Gasteiger partial charge in [0.05, 0.1) is 0 Å². The maximum absolute atomic E-state index is 12.5. The quantitative estimate of drug-likeness (QED) is 0.616. The lowest BCUT2D eigenvalue weighted by Gasteiger charge is -2.21. The smallest absolute Gasteiger partial charge is 0.339 e. The average molecular weight is 434 g/mol. The molecule has 162 valence electrons. The van der Waals surface area contributed by atoms with E-state index in [1.54, 1.807) is 19.9 Å². The summed E-state index contributed by atoms with van der Waals surface area (Å²) in [6.07, 6.45) is 4.93. The lowest BCUT2D eigenvalue weighted by Crippen LogP contribution is -2.46. The Hall–Kier alpha value is -2.48. The lowest BCUT2D eigenvalue weighted by molar-refractivity contribution is -0.142. The van der Waals surface area contributed by atoms with Crippen LogP contribution >= 0.6 is 11.8 Å². The van der Waals surface area contributed by atoms with Crippen LogP contribution in [-0.4, -0.2) is 41.1 Å². The highest BCUT2D eigenvalue weighted by molar-refractivity contribution is 7.98. The highest BCUT2D eigenvalue weighted by Gasteiger charge is 2.25. The van der Waals surface area contributed by atoms with Crippen molar-refractivity contribution in [3.05, 3.63) is 39.2 Å². The van der Waals surface area contributed by atoms with Crippen LogP contribution in [0.4, 0.5) is 0 Å². The third-order valence-electron chi connectivity index (χ3n) is 5.49. The third kappa shape index (κ3) is 4.64. The van der Waals surface area contributed by atoms with Gasteiger partial charge < -0.3 is 19.6 Å². The summed E-state index contributed by atoms with van der Waals surface area (Å²) in [5.74, 6) is -0.521. The zero-order chi connectivity index (χ0) is 21.8. The number of nitrogens with one attached hydrogen (secondary N) is 1. The predicted octanol–water partition coefficient (Wildman–Crippen LogP) is 3.07. The normalized spacial score (nSPS) is 15.3. The molecular weight excluding hydrogens is 406 g/mol. The van der Waals surface area contributed by atoms with Gasteiger partial charge in [0, 0.05) is 16.5 Å². The zero-order valence-electron chi connectivity index (χ0n) is 17.4. The third-order valence-corrected chi connectivity index (χ3v) is 6.13. The molecule has 0 saturated carbocycles. The molecule has 0 fully saturated rings. The van der Waals surface area contributed by atoms with Crippen molar-refractivity contribution in [2.24, 2.45) is 0 Å². The largest absolute Gasteiger partial charge is 0.480 e. The summed E-state index contributed by atoms with van der Waals surface area (Å²) in [6, 6.07) is 2.69. The monoisotopic (exact) mass is 433 g/mol. The molecule has 0 spiro atoms. The van der Waals surface area contributed by atoms with Crippen LogP contribution in [0.1, 0.15) is 42.9 Å². The molecule has 1 aliphatic carbocycles. The first kappa shape index (κ1) is 22.2. The predicted molar refractivity (Wildman–Crippen MR) is 117 cm³/mol. The van der Waals surface area contributed by atoms with E-state index in [9.17, 15) is 19.5 Å². The van der Waals surface area contributed by atoms with Crippen LogP contribution in [0.3, 0.4) is 0 Å². The molecule has 1 heterocycles. The molecule has 1 aliphatic rings. The SMILES string of the molecule is CSCC[C@H](NC(=O)[C@@H](C)Oc1ccc2c3c(c(=O)oc2c1C)CCCC3)C(=O)O. The molecule has 2 atom stereocenters. The van der Waals surface area contributed by atoms with Crippen LogP contribution in [0.2, 0.25) is 0 Å². The fourth-order valence-electron chi connectivity index (χ4n) is 3.78. The number of hydrogen-bond donors (Lipinski definition) is 2. The Morgan fingerprint density at radius 1 is 1.27 bits per heavy atom. The standard InChI is InChI=1S/C22H27NO6S/c1-12-18(28-13(2)20(24)23-17(21(25)26)10-11-30-3)9-8-15-14-6-4-5-7-16(14)22(27)29-19(12)15/h8-9,13,17H,4-7,10-11H2,1-3H3,(H,23,24)(H,25,26)/t13-,17+/m1/s1. The van der Waals surface area contributed by atoms with Gasteiger partial charge in [-0.25, -0.2) is 9.59 Å². The first-order valence-corrected chi connectivity index (χ1v) is 11.5. The molecule has 7 nitrogen and oxygen atoms in total. The van der Waals surface area contributed by atoms with Gasteiger partial charge in [-0.15, -0.1) is 0 Å². The van der Waals surface area contributed by atoms with E-state index in [-0.39, 0.29) is 5.63 Å². The Labute approximate surface area is 179 Å². The second-order valence-electron chi connectivity index (χ2n) is 7.56. The van der Waals surface area contributed by atoms with Crippen molar-refractivity contribution in [3.63, 3.8) is 0 Å². The number of carboxylic acid groups (broad SMARTS) is 1. The van der Waals surface area contributed by atoms with E-state index in [0.29, 0.717) is 29.1 Å². The fraction of sp³-hybridized carbons (Fsp3) is 0.500. The van der Waals surface area contributed by atoms with Gasteiger partial charge in [-0.1, -0.05) is 0 Å². The van der Waals surface area contributed by atoms with Gasteiger partial charge >= 0.3 is 11.6 Å². The molecule has 2 aromatic rings. The van der Waals surface area contributed by atoms with E-state index in [1.807, 2.05) is 12.3 Å². The molecule has 3 rings (SSSR count). The van der Waals surface area contributed by atoms with Gasteiger partial charge in [-0.05, 0) is 75.7 Å². The van der Waals surface area contributed by atoms with Crippen molar-refractivity contribution in [1.29, 1.82) is 0 Å². The van der Waals surface area contributed by atoms with Crippen LogP contribution in [0.25, 0.3) is 11.0 Å². The number of aryl methyl sites for hydroxylation is 2. The van der Waals surface area contributed by atoms with E-state index < -0.39 is 24.0 Å². The molecule has 8 heteroatoms. The number of ether oxygens (including phenoxy) is 1. The second kappa shape index (κ2) is 9.55. The van der Waals surface area contributed by atoms with E-state index >= 15 is 0 Å². The van der Waals surface area contributed by atoms with Crippen LogP contribution in [-0.2, 0) is 22.4 Å². The van der Waals surface area contributed by atoms with Crippen molar-refractivity contribution in [1.82, 2.24) is 5.32 Å². The van der Waals surface area contributed by atoms with Crippen molar-refractivity contribution in [2.45, 2.75) is 58.1 Å². The highest BCUT2D eigenvalue weighted by atomic mass is 32.2. The maximum Gasteiger partial charge on any atom is 0.339 e. The summed E-state index contributed by atoms with van der Waals surface area (Å²) in [6.45, 7) is 3.36. The summed E-state index contributed by atoms with van der Waals surface area (Å²) in [4.78, 5) is 36.2. The van der Waals surface area contributed by atoms with Gasteiger partial charge in [-0.3, -0.25) is 4.79 Å². The molecule has 0 saturated heterocycles. The molecule has 1 amide bonds. The van der Waals surface area contributed by atoms with Crippen molar-refractivity contribution < 1.29 is 23.8 Å². The Bertz CT molecular complexity index is 1010. The van der Waals surface area contributed by atoms with Crippen molar-refractivity contribution in [3.8, 4) is 5.75 Å². The number of rotatable bonds is 8. The number of carboxylic acids is 1. The summed E-state index contributed by atoms with van der Waals surface area (Å²) in [5.41, 5.74) is 2.64. The van der Waals surface area contributed by atoms with Crippen LogP contribution in [0, 0.1) is 6.92 Å². The number of thioether (sulfide) groups is 1. The molecule has 0 aliphatic heterocycles. The van der Waals surface area contributed by atoms with Gasteiger partial charge in [0.15, 0.2) is 6.10 Å². The topological polar surface area (TPSA) is 106 Å². The number of amides is 1. The van der Waals surface area contributed by atoms with E-state index in [0.717, 1.165) is 42.2 Å². The first-order valence-electron chi connectivity index (χ1n) is 10.1. The van der Waals surface area contributed by atoms with Crippen LogP contribution < -0.4 is 15.7 Å². The van der Waals surface area contributed by atoms with Crippen molar-refractivity contribution >= 4 is 34.6 Å². The second-order valence-corrected chi connectivity index (χ2v) is 8.55. The van der Waals surface area contributed by atoms with Crippen molar-refractivity contribution in [2.75, 3.05) is 12.0 Å². The number of hydrogen-bond acceptors (Lipinski definition) is 6. The molecule has 1 aromatic heterocycles. The Morgan fingerprint density at radius 3 is 2.63 bits per heavy atom. The Balaban J connectivity index is 1.81. The minimum atomic E-state index is -1.07. The van der Waals surface area contributed by atoms with E-state index in [2.05, 4.69) is 5.32 Å². The summed E-state index contributed by atoms with van der Waals surface area (Å²) < 4.78 is 11.4. The minimum absolute atomic E-state index is 0.304. The number of carbonyl (C=O) groups is 2. The molecule has 0 unspecified atom stereocenters. The molecule has 1 aromatic carbocycles. The summed E-state index contributed by atoms with van der Waals surface area (Å²) in [7, 11) is 0. The molecule has 30 heavy (non-hydrogen) atoms. The van der Waals surface area contributed by atoms with Gasteiger partial charge in [0.2, 0.25) is 0 Å². The van der Waals surface area contributed by atoms with E-state index in [1.165, 1.54) is 11.8 Å². The Kier molecular flexibility index (Phi) is 7.07. The number of carbonyl (C=O) groups excluding carboxylic acids is 1. The Morgan fingerprint density at radius 2 is 1.97 bits per heavy atom. The summed E-state index contributed by atoms with van der Waals surface area (Å²) >= 11 is 1.52. The van der Waals surface area contributed by atoms with E-state index in [4.69, 9.17) is 9.15 Å². The zero-order valence-corrected chi connectivity index (χ0v) is 18.3. The number of benzene rings is 1. The average Bonchev–Trinajstić information content (AvgIpc) is 2.73.